The summed E-state index contributed by atoms with van der Waals surface area (Å²) < 4.78 is 39.9. The summed E-state index contributed by atoms with van der Waals surface area (Å²) in [6.45, 7) is 0.138. The number of β-amino-alcohol motifs (C(OH)–C–C–N with tert-alkyl or cyclic N) is 1. The van der Waals surface area contributed by atoms with Gasteiger partial charge in [0.25, 0.3) is 5.56 Å². The number of pyridine rings is 1. The van der Waals surface area contributed by atoms with Crippen molar-refractivity contribution in [1.82, 2.24) is 4.98 Å². The fourth-order valence-electron chi connectivity index (χ4n) is 3.46. The number of carbonyl (C=O) groups excluding carboxylic acids is 1. The number of nitrogens with one attached hydrogen (secondary N) is 1. The van der Waals surface area contributed by atoms with Crippen LogP contribution in [0.5, 0.6) is 0 Å². The highest BCUT2D eigenvalue weighted by atomic mass is 19.4. The Morgan fingerprint density at radius 3 is 2.50 bits per heavy atom. The summed E-state index contributed by atoms with van der Waals surface area (Å²) in [5.41, 5.74) is -0.985. The monoisotopic (exact) mass is 388 g/mol. The normalized spacial score (nSPS) is 17.5. The molecule has 2 aromatic carbocycles. The minimum Gasteiger partial charge on any atom is -0.391 e. The third-order valence-electron chi connectivity index (χ3n) is 4.77. The second-order valence-corrected chi connectivity index (χ2v) is 6.69. The number of fused-ring (bicyclic) bond motifs is 1. The Morgan fingerprint density at radius 2 is 1.82 bits per heavy atom. The Kier molecular flexibility index (Phi) is 4.23. The van der Waals surface area contributed by atoms with E-state index in [4.69, 9.17) is 0 Å². The van der Waals surface area contributed by atoms with E-state index in [1.807, 2.05) is 0 Å². The molecule has 0 radical (unpaired) electrons. The van der Waals surface area contributed by atoms with E-state index in [0.717, 1.165) is 6.07 Å². The first kappa shape index (κ1) is 18.2. The molecule has 1 atom stereocenters. The van der Waals surface area contributed by atoms with E-state index in [1.54, 1.807) is 12.1 Å². The first-order valence-electron chi connectivity index (χ1n) is 8.56. The predicted molar refractivity (Wildman–Crippen MR) is 98.0 cm³/mol. The fourth-order valence-corrected chi connectivity index (χ4v) is 3.46. The van der Waals surface area contributed by atoms with Gasteiger partial charge in [0, 0.05) is 22.3 Å². The van der Waals surface area contributed by atoms with Gasteiger partial charge in [-0.3, -0.25) is 9.59 Å². The van der Waals surface area contributed by atoms with Crippen molar-refractivity contribution in [2.75, 3.05) is 11.4 Å². The van der Waals surface area contributed by atoms with Crippen molar-refractivity contribution in [2.45, 2.75) is 18.7 Å². The lowest BCUT2D eigenvalue weighted by Gasteiger charge is -2.17. The zero-order chi connectivity index (χ0) is 20.1. The van der Waals surface area contributed by atoms with Crippen LogP contribution in [0.1, 0.15) is 12.0 Å². The van der Waals surface area contributed by atoms with E-state index in [9.17, 15) is 27.9 Å². The minimum absolute atomic E-state index is 0.0154. The van der Waals surface area contributed by atoms with Gasteiger partial charge >= 0.3 is 6.18 Å². The van der Waals surface area contributed by atoms with E-state index in [0.29, 0.717) is 11.1 Å². The summed E-state index contributed by atoms with van der Waals surface area (Å²) >= 11 is 0. The van der Waals surface area contributed by atoms with Gasteiger partial charge in [-0.15, -0.1) is 0 Å². The average molecular weight is 388 g/mol. The molecule has 1 aliphatic heterocycles. The Hall–Kier alpha value is -3.13. The van der Waals surface area contributed by atoms with Crippen LogP contribution in [0.4, 0.5) is 18.9 Å². The van der Waals surface area contributed by atoms with Gasteiger partial charge in [0.15, 0.2) is 0 Å². The number of alkyl halides is 3. The summed E-state index contributed by atoms with van der Waals surface area (Å²) in [4.78, 5) is 28.4. The van der Waals surface area contributed by atoms with Crippen LogP contribution in [0.25, 0.3) is 22.0 Å². The van der Waals surface area contributed by atoms with Gasteiger partial charge in [-0.1, -0.05) is 24.3 Å². The summed E-state index contributed by atoms with van der Waals surface area (Å²) in [7, 11) is 0. The van der Waals surface area contributed by atoms with Crippen LogP contribution in [0, 0.1) is 0 Å². The molecular formula is C20H15F3N2O3. The number of aliphatic hydroxyl groups excluding tert-OH is 1. The predicted octanol–water partition coefficient (Wildman–Crippen LogP) is 3.31. The van der Waals surface area contributed by atoms with Crippen molar-refractivity contribution in [1.29, 1.82) is 0 Å². The quantitative estimate of drug-likeness (QED) is 0.708. The van der Waals surface area contributed by atoms with Crippen molar-refractivity contribution >= 4 is 22.4 Å². The maximum absolute atomic E-state index is 13.3. The lowest BCUT2D eigenvalue weighted by molar-refractivity contribution is -0.137. The number of H-pyrrole nitrogens is 1. The lowest BCUT2D eigenvalue weighted by atomic mass is 10.0. The van der Waals surface area contributed by atoms with E-state index in [-0.39, 0.29) is 35.5 Å². The molecule has 144 valence electrons. The zero-order valence-corrected chi connectivity index (χ0v) is 14.5. The number of nitrogens with zero attached hydrogens (tertiary/aromatic N) is 1. The van der Waals surface area contributed by atoms with Crippen LogP contribution < -0.4 is 10.5 Å². The van der Waals surface area contributed by atoms with Crippen molar-refractivity contribution in [3.8, 4) is 11.3 Å². The fraction of sp³-hybridized carbons (Fsp3) is 0.200. The van der Waals surface area contributed by atoms with Crippen molar-refractivity contribution in [2.24, 2.45) is 0 Å². The second kappa shape index (κ2) is 6.49. The molecule has 1 aliphatic rings. The van der Waals surface area contributed by atoms with Gasteiger partial charge in [-0.05, 0) is 29.7 Å². The minimum atomic E-state index is -4.55. The molecule has 3 aromatic rings. The number of hydrogen-bond donors (Lipinski definition) is 2. The molecule has 2 heterocycles. The first-order valence-corrected chi connectivity index (χ1v) is 8.56. The molecule has 1 amide bonds. The zero-order valence-electron chi connectivity index (χ0n) is 14.5. The number of aromatic nitrogens is 1. The molecule has 1 fully saturated rings. The molecule has 28 heavy (non-hydrogen) atoms. The summed E-state index contributed by atoms with van der Waals surface area (Å²) in [5, 5.41) is 10.3. The number of aliphatic hydroxyl groups is 1. The molecule has 0 bridgehead atoms. The maximum atomic E-state index is 13.3. The van der Waals surface area contributed by atoms with Crippen molar-refractivity contribution in [3.05, 3.63) is 64.4 Å². The second-order valence-electron chi connectivity index (χ2n) is 6.69. The highest BCUT2D eigenvalue weighted by Gasteiger charge is 2.33. The van der Waals surface area contributed by atoms with Gasteiger partial charge < -0.3 is 15.0 Å². The third kappa shape index (κ3) is 3.16. The van der Waals surface area contributed by atoms with Gasteiger partial charge in [0.1, 0.15) is 0 Å². The Balaban J connectivity index is 1.82. The number of halogens is 3. The lowest BCUT2D eigenvalue weighted by Crippen LogP contribution is -2.25. The molecule has 8 heteroatoms. The third-order valence-corrected chi connectivity index (χ3v) is 4.77. The van der Waals surface area contributed by atoms with Crippen LogP contribution >= 0.6 is 0 Å². The number of amides is 1. The molecule has 1 saturated heterocycles. The summed E-state index contributed by atoms with van der Waals surface area (Å²) in [6.07, 6.45) is -5.30. The van der Waals surface area contributed by atoms with Gasteiger partial charge in [0.2, 0.25) is 5.91 Å². The molecule has 4 rings (SSSR count). The Morgan fingerprint density at radius 1 is 1.07 bits per heavy atom. The number of carbonyl (C=O) groups is 1. The van der Waals surface area contributed by atoms with Crippen molar-refractivity contribution in [3.63, 3.8) is 0 Å². The first-order chi connectivity index (χ1) is 13.2. The van der Waals surface area contributed by atoms with E-state index in [2.05, 4.69) is 4.98 Å². The Bertz CT molecular complexity index is 1140. The standard InChI is InChI=1S/C20H15F3N2O3/c21-20(22,23)16-4-2-1-3-14(16)17-7-11-5-6-12(8-15(11)19(28)24-17)25-10-13(26)9-18(25)27/h1-8,13,26H,9-10H2,(H,24,28). The average Bonchev–Trinajstić information content (AvgIpc) is 2.99. The smallest absolute Gasteiger partial charge is 0.391 e. The van der Waals surface area contributed by atoms with E-state index < -0.39 is 23.4 Å². The molecular weight excluding hydrogens is 373 g/mol. The van der Waals surface area contributed by atoms with Crippen LogP contribution in [-0.2, 0) is 11.0 Å². The Labute approximate surface area is 157 Å². The highest BCUT2D eigenvalue weighted by molar-refractivity contribution is 5.98. The molecule has 1 aromatic heterocycles. The molecule has 0 aliphatic carbocycles. The molecule has 0 saturated carbocycles. The molecule has 0 spiro atoms. The number of rotatable bonds is 2. The summed E-state index contributed by atoms with van der Waals surface area (Å²) in [6, 6.07) is 11.2. The van der Waals surface area contributed by atoms with Crippen molar-refractivity contribution < 1.29 is 23.1 Å². The van der Waals surface area contributed by atoms with E-state index in [1.165, 1.54) is 35.2 Å². The number of anilines is 1. The number of aromatic amines is 1. The molecule has 5 nitrogen and oxygen atoms in total. The number of hydrogen-bond acceptors (Lipinski definition) is 3. The maximum Gasteiger partial charge on any atom is 0.417 e. The molecule has 1 unspecified atom stereocenters. The number of benzene rings is 2. The largest absolute Gasteiger partial charge is 0.417 e. The van der Waals surface area contributed by atoms with Crippen LogP contribution in [0.15, 0.2) is 53.3 Å². The molecule has 2 N–H and O–H groups in total. The van der Waals surface area contributed by atoms with Crippen LogP contribution in [0.3, 0.4) is 0 Å². The topological polar surface area (TPSA) is 73.4 Å². The van der Waals surface area contributed by atoms with Gasteiger partial charge in [-0.2, -0.15) is 13.2 Å². The van der Waals surface area contributed by atoms with Crippen LogP contribution in [-0.4, -0.2) is 28.6 Å². The SMILES string of the molecule is O=C1CC(O)CN1c1ccc2cc(-c3ccccc3C(F)(F)F)[nH]c(=O)c2c1. The highest BCUT2D eigenvalue weighted by Crippen LogP contribution is 2.36. The van der Waals surface area contributed by atoms with Gasteiger partial charge in [0.05, 0.1) is 24.6 Å². The van der Waals surface area contributed by atoms with Crippen LogP contribution in [0.2, 0.25) is 0 Å². The summed E-state index contributed by atoms with van der Waals surface area (Å²) in [5.74, 6) is -0.251. The van der Waals surface area contributed by atoms with E-state index >= 15 is 0 Å². The van der Waals surface area contributed by atoms with Gasteiger partial charge in [-0.25, -0.2) is 0 Å².